The molecule has 0 aliphatic rings. The van der Waals surface area contributed by atoms with Crippen LogP contribution in [0.1, 0.15) is 11.1 Å². The maximum absolute atomic E-state index is 13.3. The molecule has 0 radical (unpaired) electrons. The molecule has 0 saturated heterocycles. The molecule has 0 amide bonds. The lowest BCUT2D eigenvalue weighted by Gasteiger charge is -2.04. The van der Waals surface area contributed by atoms with E-state index in [1.807, 2.05) is 6.07 Å². The summed E-state index contributed by atoms with van der Waals surface area (Å²) in [4.78, 5) is 0. The van der Waals surface area contributed by atoms with E-state index in [0.29, 0.717) is 23.5 Å². The number of halogens is 1. The molecule has 0 spiro atoms. The standard InChI is InChI=1S/C11H12FNO2S/c1-15-4-5-16(14)8-10-6-9(7-13)2-3-11(10)12/h2-3,6H,4-5,8H2,1H3. The van der Waals surface area contributed by atoms with Crippen LogP contribution in [-0.2, 0) is 21.3 Å². The third-order valence-corrected chi connectivity index (χ3v) is 3.26. The van der Waals surface area contributed by atoms with E-state index < -0.39 is 16.6 Å². The minimum atomic E-state index is -1.17. The van der Waals surface area contributed by atoms with E-state index in [1.54, 1.807) is 0 Å². The first-order valence-corrected chi connectivity index (χ1v) is 6.18. The van der Waals surface area contributed by atoms with Gasteiger partial charge in [0, 0.05) is 29.2 Å². The summed E-state index contributed by atoms with van der Waals surface area (Å²) in [5, 5.41) is 8.66. The lowest BCUT2D eigenvalue weighted by Crippen LogP contribution is -2.07. The van der Waals surface area contributed by atoms with E-state index in [0.717, 1.165) is 0 Å². The molecule has 5 heteroatoms. The van der Waals surface area contributed by atoms with Crippen LogP contribution in [0.2, 0.25) is 0 Å². The fourth-order valence-electron chi connectivity index (χ4n) is 1.18. The topological polar surface area (TPSA) is 50.1 Å². The fraction of sp³-hybridized carbons (Fsp3) is 0.364. The zero-order valence-corrected chi connectivity index (χ0v) is 9.72. The SMILES string of the molecule is COCCS(=O)Cc1cc(C#N)ccc1F. The number of hydrogen-bond acceptors (Lipinski definition) is 3. The van der Waals surface area contributed by atoms with Crippen LogP contribution >= 0.6 is 0 Å². The Balaban J connectivity index is 2.73. The highest BCUT2D eigenvalue weighted by molar-refractivity contribution is 7.84. The lowest BCUT2D eigenvalue weighted by atomic mass is 10.1. The van der Waals surface area contributed by atoms with E-state index in [2.05, 4.69) is 0 Å². The average molecular weight is 241 g/mol. The number of methoxy groups -OCH3 is 1. The van der Waals surface area contributed by atoms with Crippen molar-refractivity contribution in [3.63, 3.8) is 0 Å². The van der Waals surface area contributed by atoms with Gasteiger partial charge in [0.25, 0.3) is 0 Å². The molecule has 0 heterocycles. The van der Waals surface area contributed by atoms with Crippen molar-refractivity contribution in [2.24, 2.45) is 0 Å². The predicted molar refractivity (Wildman–Crippen MR) is 59.7 cm³/mol. The van der Waals surface area contributed by atoms with Crippen LogP contribution in [0.5, 0.6) is 0 Å². The molecule has 0 fully saturated rings. The highest BCUT2D eigenvalue weighted by Crippen LogP contribution is 2.12. The molecular weight excluding hydrogens is 229 g/mol. The molecule has 0 saturated carbocycles. The van der Waals surface area contributed by atoms with Gasteiger partial charge in [0.15, 0.2) is 0 Å². The molecule has 1 unspecified atom stereocenters. The van der Waals surface area contributed by atoms with Gasteiger partial charge in [0.05, 0.1) is 24.0 Å². The van der Waals surface area contributed by atoms with Gasteiger partial charge < -0.3 is 4.74 Å². The van der Waals surface area contributed by atoms with Crippen LogP contribution in [0.3, 0.4) is 0 Å². The lowest BCUT2D eigenvalue weighted by molar-refractivity contribution is 0.218. The molecule has 1 rings (SSSR count). The number of nitrogens with zero attached hydrogens (tertiary/aromatic N) is 1. The first kappa shape index (κ1) is 12.8. The number of hydrogen-bond donors (Lipinski definition) is 0. The van der Waals surface area contributed by atoms with E-state index in [-0.39, 0.29) is 5.75 Å². The van der Waals surface area contributed by atoms with Crippen molar-refractivity contribution < 1.29 is 13.3 Å². The predicted octanol–water partition coefficient (Wildman–Crippen LogP) is 1.59. The molecule has 3 nitrogen and oxygen atoms in total. The van der Waals surface area contributed by atoms with Gasteiger partial charge in [-0.1, -0.05) is 0 Å². The van der Waals surface area contributed by atoms with Gasteiger partial charge in [-0.05, 0) is 18.2 Å². The number of ether oxygens (including phenoxy) is 1. The van der Waals surface area contributed by atoms with E-state index in [4.69, 9.17) is 10.00 Å². The third kappa shape index (κ3) is 3.72. The van der Waals surface area contributed by atoms with Crippen LogP contribution in [0.25, 0.3) is 0 Å². The fourth-order valence-corrected chi connectivity index (χ4v) is 2.24. The van der Waals surface area contributed by atoms with Crippen molar-refractivity contribution in [2.45, 2.75) is 5.75 Å². The molecule has 86 valence electrons. The summed E-state index contributed by atoms with van der Waals surface area (Å²) in [5.74, 6) is 0.0574. The van der Waals surface area contributed by atoms with Gasteiger partial charge in [-0.2, -0.15) is 5.26 Å². The quantitative estimate of drug-likeness (QED) is 0.786. The summed E-state index contributed by atoms with van der Waals surface area (Å²) in [6.45, 7) is 0.381. The summed E-state index contributed by atoms with van der Waals surface area (Å²) < 4.78 is 29.6. The van der Waals surface area contributed by atoms with Crippen molar-refractivity contribution in [1.29, 1.82) is 5.26 Å². The Bertz CT molecular complexity index is 428. The van der Waals surface area contributed by atoms with Crippen LogP contribution in [0, 0.1) is 17.1 Å². The summed E-state index contributed by atoms with van der Waals surface area (Å²) >= 11 is 0. The number of rotatable bonds is 5. The van der Waals surface area contributed by atoms with E-state index in [1.165, 1.54) is 25.3 Å². The molecule has 1 aromatic carbocycles. The average Bonchev–Trinajstić information content (AvgIpc) is 2.29. The van der Waals surface area contributed by atoms with Gasteiger partial charge in [0.2, 0.25) is 0 Å². The molecule has 16 heavy (non-hydrogen) atoms. The maximum atomic E-state index is 13.3. The van der Waals surface area contributed by atoms with Crippen LogP contribution in [0.4, 0.5) is 4.39 Å². The largest absolute Gasteiger partial charge is 0.384 e. The van der Waals surface area contributed by atoms with Crippen molar-refractivity contribution in [1.82, 2.24) is 0 Å². The molecule has 0 aliphatic heterocycles. The van der Waals surface area contributed by atoms with Crippen LogP contribution < -0.4 is 0 Å². The molecule has 0 bridgehead atoms. The van der Waals surface area contributed by atoms with Crippen molar-refractivity contribution >= 4 is 10.8 Å². The maximum Gasteiger partial charge on any atom is 0.127 e. The second-order valence-corrected chi connectivity index (χ2v) is 4.78. The first-order chi connectivity index (χ1) is 7.67. The Kier molecular flexibility index (Phi) is 5.09. The summed E-state index contributed by atoms with van der Waals surface area (Å²) in [7, 11) is 0.356. The Morgan fingerprint density at radius 3 is 2.94 bits per heavy atom. The number of benzene rings is 1. The third-order valence-electron chi connectivity index (χ3n) is 2.01. The monoisotopic (exact) mass is 241 g/mol. The molecule has 0 aromatic heterocycles. The molecule has 1 aromatic rings. The highest BCUT2D eigenvalue weighted by atomic mass is 32.2. The second-order valence-electron chi connectivity index (χ2n) is 3.20. The van der Waals surface area contributed by atoms with Gasteiger partial charge in [-0.25, -0.2) is 4.39 Å². The summed E-state index contributed by atoms with van der Waals surface area (Å²) in [5.41, 5.74) is 0.689. The smallest absolute Gasteiger partial charge is 0.127 e. The van der Waals surface area contributed by atoms with Crippen molar-refractivity contribution in [2.75, 3.05) is 19.5 Å². The minimum Gasteiger partial charge on any atom is -0.384 e. The zero-order chi connectivity index (χ0) is 12.0. The normalized spacial score (nSPS) is 12.1. The minimum absolute atomic E-state index is 0.116. The van der Waals surface area contributed by atoms with E-state index >= 15 is 0 Å². The number of nitriles is 1. The summed E-state index contributed by atoms with van der Waals surface area (Å²) in [6.07, 6.45) is 0. The van der Waals surface area contributed by atoms with Gasteiger partial charge in [-0.15, -0.1) is 0 Å². The van der Waals surface area contributed by atoms with Gasteiger partial charge >= 0.3 is 0 Å². The highest BCUT2D eigenvalue weighted by Gasteiger charge is 2.07. The summed E-state index contributed by atoms with van der Waals surface area (Å²) in [6, 6.07) is 5.97. The Hall–Kier alpha value is -1.25. The molecular formula is C11H12FNO2S. The Morgan fingerprint density at radius 2 is 2.31 bits per heavy atom. The first-order valence-electron chi connectivity index (χ1n) is 4.70. The van der Waals surface area contributed by atoms with Crippen molar-refractivity contribution in [3.8, 4) is 6.07 Å². The van der Waals surface area contributed by atoms with Crippen LogP contribution in [-0.4, -0.2) is 23.7 Å². The Morgan fingerprint density at radius 1 is 1.56 bits per heavy atom. The molecule has 0 N–H and O–H groups in total. The molecule has 1 atom stereocenters. The Labute approximate surface area is 96.3 Å². The van der Waals surface area contributed by atoms with Gasteiger partial charge in [0.1, 0.15) is 5.82 Å². The second kappa shape index (κ2) is 6.36. The van der Waals surface area contributed by atoms with E-state index in [9.17, 15) is 8.60 Å². The molecule has 0 aliphatic carbocycles. The zero-order valence-electron chi connectivity index (χ0n) is 8.90. The van der Waals surface area contributed by atoms with Crippen molar-refractivity contribution in [3.05, 3.63) is 35.1 Å². The van der Waals surface area contributed by atoms with Crippen LogP contribution in [0.15, 0.2) is 18.2 Å². The van der Waals surface area contributed by atoms with Gasteiger partial charge in [-0.3, -0.25) is 4.21 Å².